The zero-order chi connectivity index (χ0) is 54.6. The van der Waals surface area contributed by atoms with Crippen molar-refractivity contribution >= 4 is 68.1 Å². The van der Waals surface area contributed by atoms with Crippen LogP contribution in [0.25, 0.3) is 44.5 Å². The van der Waals surface area contributed by atoms with Gasteiger partial charge in [0.1, 0.15) is 0 Å². The van der Waals surface area contributed by atoms with E-state index in [-0.39, 0.29) is 10.8 Å². The third-order valence-corrected chi connectivity index (χ3v) is 17.8. The molecule has 0 atom stereocenters. The molecule has 7 aromatic carbocycles. The van der Waals surface area contributed by atoms with Crippen molar-refractivity contribution in [3.63, 3.8) is 0 Å². The first-order valence-electron chi connectivity index (χ1n) is 28.9. The van der Waals surface area contributed by atoms with Crippen LogP contribution in [0.2, 0.25) is 0 Å². The maximum atomic E-state index is 11.6. The monoisotopic (exact) mass is 1220 g/mol. The van der Waals surface area contributed by atoms with Gasteiger partial charge >= 0.3 is 183 Å². The van der Waals surface area contributed by atoms with Crippen LogP contribution in [0.4, 0.5) is 0 Å². The standard InChI is InChI=1S/C37H40Br2.C25H33B2O3.C7H7Br/c1-3-5-7-9-23-37(24-10-8-6-4-2)35-25-29(27-11-17-31(38)18-12-27)15-21-33(35)34-22-16-30(26-36(34)37)28-13-19-32(39)20-14-28;1-3-5-7-9-15-25(16-10-8-6-4-2)23-17-19(26-28)11-13-21(23)22-14-12-20(30-27-29)18-24(22)25;1-6-2-4-7(8)5-3-6/h11-22,25-26H,3-10,23-24H2,1-2H3;11-14,17-18,29H,3-10,15-16H2,1-2H3;2-5H,1H3. The smallest absolute Gasteiger partial charge is 0.0175 e. The van der Waals surface area contributed by atoms with Crippen molar-refractivity contribution < 1.29 is 14.4 Å². The molecule has 77 heavy (non-hydrogen) atoms. The second-order valence-corrected chi connectivity index (χ2v) is 24.3. The minimum absolute atomic E-state index is 0.0723. The molecule has 401 valence electrons. The van der Waals surface area contributed by atoms with Gasteiger partial charge in [-0.25, -0.2) is 0 Å². The summed E-state index contributed by atoms with van der Waals surface area (Å²) in [4.78, 5) is 0. The summed E-state index contributed by atoms with van der Waals surface area (Å²) in [5, 5.41) is 9.16. The molecule has 2 aliphatic carbocycles. The molecule has 0 aromatic heterocycles. The molecular weight excluding hydrogens is 1140 g/mol. The van der Waals surface area contributed by atoms with E-state index in [1.807, 2.05) is 24.3 Å². The SMILES string of the molecule is CCCCCCC1(CCCCCC)c2cc(-c3ccc(Br)cc3)ccc2-c2ccc(-c3ccc(Br)cc3)cc21.CCCCCCC1(CCCCCC)c2cc(B=O)ccc2-c2ccc(O[B]O)cc21.Cc1ccc(Br)cc1. The van der Waals surface area contributed by atoms with Crippen LogP contribution in [0.3, 0.4) is 0 Å². The van der Waals surface area contributed by atoms with Crippen LogP contribution >= 0.6 is 47.8 Å². The van der Waals surface area contributed by atoms with Gasteiger partial charge in [0.15, 0.2) is 0 Å². The maximum Gasteiger partial charge on any atom is 0.0175 e. The summed E-state index contributed by atoms with van der Waals surface area (Å²) in [5.41, 5.74) is 18.3. The second kappa shape index (κ2) is 30.3. The Kier molecular flexibility index (Phi) is 23.7. The summed E-state index contributed by atoms with van der Waals surface area (Å²) >= 11 is 10.6. The fraction of sp³-hybridized carbons (Fsp3) is 0.391. The molecule has 0 bridgehead atoms. The first kappa shape index (κ1) is 60.3. The van der Waals surface area contributed by atoms with E-state index in [0.29, 0.717) is 5.75 Å². The number of benzene rings is 7. The van der Waals surface area contributed by atoms with Crippen LogP contribution in [0.5, 0.6) is 5.75 Å². The van der Waals surface area contributed by atoms with Gasteiger partial charge in [-0.15, -0.1) is 0 Å². The van der Waals surface area contributed by atoms with Gasteiger partial charge in [0.05, 0.1) is 0 Å². The van der Waals surface area contributed by atoms with Gasteiger partial charge in [-0.05, 0) is 113 Å². The Labute approximate surface area is 489 Å². The van der Waals surface area contributed by atoms with Gasteiger partial charge in [-0.2, -0.15) is 0 Å². The largest absolute Gasteiger partial charge is 0.0582 e. The average Bonchev–Trinajstić information content (AvgIpc) is 4.13. The van der Waals surface area contributed by atoms with Crippen molar-refractivity contribution in [1.82, 2.24) is 0 Å². The number of hydrogen-bond donors (Lipinski definition) is 1. The quantitative estimate of drug-likeness (QED) is 0.0458. The zero-order valence-corrected chi connectivity index (χ0v) is 51.3. The van der Waals surface area contributed by atoms with E-state index in [9.17, 15) is 4.70 Å². The molecule has 7 aromatic rings. The third kappa shape index (κ3) is 15.3. The number of aryl methyl sites for hydroxylation is 1. The number of hydrogen-bond acceptors (Lipinski definition) is 3. The fourth-order valence-electron chi connectivity index (χ4n) is 12.1. The van der Waals surface area contributed by atoms with Gasteiger partial charge in [0.25, 0.3) is 0 Å². The molecule has 8 heteroatoms. The molecule has 0 aliphatic heterocycles. The Balaban J connectivity index is 0.000000200. The predicted octanol–water partition coefficient (Wildman–Crippen LogP) is 21.0. The molecule has 0 spiro atoms. The second-order valence-electron chi connectivity index (χ2n) is 21.6. The van der Waals surface area contributed by atoms with E-state index in [0.717, 1.165) is 46.6 Å². The topological polar surface area (TPSA) is 46.5 Å². The Hall–Kier alpha value is -4.33. The van der Waals surface area contributed by atoms with Crippen molar-refractivity contribution in [2.24, 2.45) is 0 Å². The van der Waals surface area contributed by atoms with E-state index >= 15 is 0 Å². The van der Waals surface area contributed by atoms with Crippen molar-refractivity contribution in [3.05, 3.63) is 187 Å². The molecule has 0 saturated carbocycles. The molecule has 0 fully saturated rings. The first-order valence-corrected chi connectivity index (χ1v) is 31.3. The van der Waals surface area contributed by atoms with Gasteiger partial charge in [0, 0.05) is 18.8 Å². The first-order chi connectivity index (χ1) is 37.5. The summed E-state index contributed by atoms with van der Waals surface area (Å²) in [6, 6.07) is 52.6. The summed E-state index contributed by atoms with van der Waals surface area (Å²) in [6.07, 6.45) is 24.7. The summed E-state index contributed by atoms with van der Waals surface area (Å²) in [5.74, 6) is 0.658. The molecule has 3 nitrogen and oxygen atoms in total. The minimum atomic E-state index is -0.0972. The zero-order valence-electron chi connectivity index (χ0n) is 46.6. The Morgan fingerprint density at radius 2 is 0.740 bits per heavy atom. The minimum Gasteiger partial charge on any atom is -0.0582 e. The summed E-state index contributed by atoms with van der Waals surface area (Å²) < 4.78 is 20.3. The van der Waals surface area contributed by atoms with Gasteiger partial charge in [0.2, 0.25) is 0 Å². The number of halogens is 3. The maximum absolute atomic E-state index is 11.6. The third-order valence-electron chi connectivity index (χ3n) is 16.2. The van der Waals surface area contributed by atoms with Crippen LogP contribution in [-0.2, 0) is 15.5 Å². The van der Waals surface area contributed by atoms with Crippen LogP contribution in [0.15, 0.2) is 159 Å². The average molecular weight is 1220 g/mol. The molecule has 0 heterocycles. The molecule has 0 unspecified atom stereocenters. The van der Waals surface area contributed by atoms with Crippen molar-refractivity contribution in [1.29, 1.82) is 0 Å². The predicted molar refractivity (Wildman–Crippen MR) is 340 cm³/mol. The van der Waals surface area contributed by atoms with Crippen molar-refractivity contribution in [3.8, 4) is 50.3 Å². The van der Waals surface area contributed by atoms with E-state index in [2.05, 4.69) is 204 Å². The number of unbranched alkanes of at least 4 members (excludes halogenated alkanes) is 12. The molecule has 2 aliphatic rings. The number of rotatable bonds is 25. The van der Waals surface area contributed by atoms with Crippen LogP contribution < -0.4 is 10.1 Å². The van der Waals surface area contributed by atoms with E-state index in [4.69, 9.17) is 9.68 Å². The van der Waals surface area contributed by atoms with Crippen LogP contribution in [0, 0.1) is 6.92 Å². The normalized spacial score (nSPS) is 12.9. The van der Waals surface area contributed by atoms with Crippen molar-refractivity contribution in [2.45, 2.75) is 174 Å². The van der Waals surface area contributed by atoms with E-state index in [1.54, 1.807) is 11.1 Å². The number of fused-ring (bicyclic) bond motifs is 6. The molecule has 9 rings (SSSR count). The molecule has 0 amide bonds. The van der Waals surface area contributed by atoms with Crippen LogP contribution in [-0.4, -0.2) is 19.9 Å². The van der Waals surface area contributed by atoms with Gasteiger partial charge in [-0.1, -0.05) is 179 Å². The molecule has 0 saturated heterocycles. The van der Waals surface area contributed by atoms with Crippen LogP contribution in [0.1, 0.15) is 184 Å². The van der Waals surface area contributed by atoms with Gasteiger partial charge in [-0.3, -0.25) is 0 Å². The van der Waals surface area contributed by atoms with E-state index < -0.39 is 0 Å². The summed E-state index contributed by atoms with van der Waals surface area (Å²) in [6.45, 7) is 11.2. The fourth-order valence-corrected chi connectivity index (χ4v) is 12.9. The van der Waals surface area contributed by atoms with Gasteiger partial charge < -0.3 is 0 Å². The molecule has 1 radical (unpaired) electrons. The summed E-state index contributed by atoms with van der Waals surface area (Å²) in [7, 11) is 1.70. The van der Waals surface area contributed by atoms with Crippen molar-refractivity contribution in [2.75, 3.05) is 0 Å². The van der Waals surface area contributed by atoms with E-state index in [1.165, 1.54) is 177 Å². The Bertz CT molecular complexity index is 2810. The molecule has 1 N–H and O–H groups in total. The Morgan fingerprint density at radius 3 is 1.10 bits per heavy atom. The Morgan fingerprint density at radius 1 is 0.403 bits per heavy atom. The molecular formula is C69H80B2Br3O3.